The van der Waals surface area contributed by atoms with Crippen molar-refractivity contribution >= 4 is 11.6 Å². The maximum atomic E-state index is 12.3. The topological polar surface area (TPSA) is 37.6 Å². The fraction of sp³-hybridized carbons (Fsp3) is 0.467. The van der Waals surface area contributed by atoms with Crippen LogP contribution in [0.4, 0.5) is 0 Å². The summed E-state index contributed by atoms with van der Waals surface area (Å²) in [6.07, 6.45) is 4.72. The maximum Gasteiger partial charge on any atom is 0.228 e. The van der Waals surface area contributed by atoms with E-state index in [0.717, 1.165) is 48.5 Å². The van der Waals surface area contributed by atoms with E-state index in [9.17, 15) is 4.79 Å². The molecule has 0 N–H and O–H groups in total. The van der Waals surface area contributed by atoms with Crippen LogP contribution in [0.2, 0.25) is 0 Å². The van der Waals surface area contributed by atoms with Crippen molar-refractivity contribution in [1.29, 1.82) is 0 Å². The number of rotatable bonds is 2. The first kappa shape index (κ1) is 12.2. The molecule has 1 aliphatic heterocycles. The van der Waals surface area contributed by atoms with Crippen molar-refractivity contribution < 1.29 is 4.79 Å². The Morgan fingerprint density at radius 2 is 2.05 bits per heavy atom. The minimum atomic E-state index is 0.226. The van der Waals surface area contributed by atoms with Gasteiger partial charge in [0, 0.05) is 19.3 Å². The van der Waals surface area contributed by atoms with Gasteiger partial charge >= 0.3 is 0 Å². The molecule has 2 aromatic heterocycles. The Labute approximate surface area is 113 Å². The number of amides is 1. The fourth-order valence-electron chi connectivity index (χ4n) is 2.80. The number of carbonyl (C=O) groups excluding carboxylic acids is 1. The molecule has 4 nitrogen and oxygen atoms in total. The van der Waals surface area contributed by atoms with Gasteiger partial charge in [0.15, 0.2) is 0 Å². The Kier molecular flexibility index (Phi) is 3.01. The smallest absolute Gasteiger partial charge is 0.228 e. The standard InChI is InChI=1S/C15H19N3O/c1-11-6-5-9-18-13(12(2)16-15(11)18)10-14(19)17-7-3-4-8-17/h5-6,9H,3-4,7-8,10H2,1-2H3. The monoisotopic (exact) mass is 257 g/mol. The third-order valence-electron chi connectivity index (χ3n) is 3.92. The molecule has 0 atom stereocenters. The lowest BCUT2D eigenvalue weighted by atomic mass is 10.2. The highest BCUT2D eigenvalue weighted by atomic mass is 16.2. The predicted molar refractivity (Wildman–Crippen MR) is 74.2 cm³/mol. The van der Waals surface area contributed by atoms with Gasteiger partial charge in [0.2, 0.25) is 5.91 Å². The van der Waals surface area contributed by atoms with Crippen LogP contribution in [0, 0.1) is 13.8 Å². The molecule has 0 aromatic carbocycles. The van der Waals surface area contributed by atoms with Crippen LogP contribution >= 0.6 is 0 Å². The number of aryl methyl sites for hydroxylation is 2. The molecule has 1 fully saturated rings. The van der Waals surface area contributed by atoms with E-state index in [0.29, 0.717) is 6.42 Å². The van der Waals surface area contributed by atoms with Gasteiger partial charge in [-0.25, -0.2) is 4.98 Å². The first-order valence-corrected chi connectivity index (χ1v) is 6.88. The Bertz CT molecular complexity index is 624. The van der Waals surface area contributed by atoms with Gasteiger partial charge in [-0.05, 0) is 38.3 Å². The number of hydrogen-bond donors (Lipinski definition) is 0. The zero-order valence-electron chi connectivity index (χ0n) is 11.5. The van der Waals surface area contributed by atoms with Gasteiger partial charge in [-0.3, -0.25) is 4.79 Å². The molecule has 3 rings (SSSR count). The third-order valence-corrected chi connectivity index (χ3v) is 3.92. The third kappa shape index (κ3) is 2.11. The van der Waals surface area contributed by atoms with E-state index in [2.05, 4.69) is 9.38 Å². The number of hydrogen-bond acceptors (Lipinski definition) is 2. The van der Waals surface area contributed by atoms with Crippen LogP contribution in [-0.2, 0) is 11.2 Å². The van der Waals surface area contributed by atoms with Crippen molar-refractivity contribution in [3.8, 4) is 0 Å². The summed E-state index contributed by atoms with van der Waals surface area (Å²) in [5.74, 6) is 0.226. The fourth-order valence-corrected chi connectivity index (χ4v) is 2.80. The maximum absolute atomic E-state index is 12.3. The van der Waals surface area contributed by atoms with Crippen LogP contribution in [0.5, 0.6) is 0 Å². The number of carbonyl (C=O) groups is 1. The molecule has 2 aromatic rings. The second kappa shape index (κ2) is 4.68. The van der Waals surface area contributed by atoms with Gasteiger partial charge in [-0.15, -0.1) is 0 Å². The zero-order valence-corrected chi connectivity index (χ0v) is 11.5. The molecule has 1 saturated heterocycles. The van der Waals surface area contributed by atoms with E-state index in [1.165, 1.54) is 0 Å². The summed E-state index contributed by atoms with van der Waals surface area (Å²) in [7, 11) is 0. The summed E-state index contributed by atoms with van der Waals surface area (Å²) in [6.45, 7) is 5.86. The highest BCUT2D eigenvalue weighted by Gasteiger charge is 2.21. The Balaban J connectivity index is 1.94. The molecule has 19 heavy (non-hydrogen) atoms. The molecule has 3 heterocycles. The number of nitrogens with zero attached hydrogens (tertiary/aromatic N) is 3. The lowest BCUT2D eigenvalue weighted by molar-refractivity contribution is -0.129. The average Bonchev–Trinajstić information content (AvgIpc) is 3.00. The van der Waals surface area contributed by atoms with Crippen molar-refractivity contribution in [1.82, 2.24) is 14.3 Å². The van der Waals surface area contributed by atoms with E-state index in [1.54, 1.807) is 0 Å². The Morgan fingerprint density at radius 3 is 2.79 bits per heavy atom. The normalized spacial score (nSPS) is 15.4. The van der Waals surface area contributed by atoms with Crippen LogP contribution in [-0.4, -0.2) is 33.3 Å². The predicted octanol–water partition coefficient (Wildman–Crippen LogP) is 2.12. The number of pyridine rings is 1. The molecule has 0 bridgehead atoms. The van der Waals surface area contributed by atoms with Crippen molar-refractivity contribution in [2.75, 3.05) is 13.1 Å². The molecular weight excluding hydrogens is 238 g/mol. The quantitative estimate of drug-likeness (QED) is 0.826. The first-order valence-electron chi connectivity index (χ1n) is 6.88. The molecular formula is C15H19N3O. The second-order valence-corrected chi connectivity index (χ2v) is 5.29. The lowest BCUT2D eigenvalue weighted by Gasteiger charge is -2.15. The zero-order chi connectivity index (χ0) is 13.4. The largest absolute Gasteiger partial charge is 0.342 e. The van der Waals surface area contributed by atoms with Crippen LogP contribution in [0.25, 0.3) is 5.65 Å². The average molecular weight is 257 g/mol. The summed E-state index contributed by atoms with van der Waals surface area (Å²) in [4.78, 5) is 18.8. The minimum Gasteiger partial charge on any atom is -0.342 e. The Morgan fingerprint density at radius 1 is 1.32 bits per heavy atom. The van der Waals surface area contributed by atoms with E-state index >= 15 is 0 Å². The van der Waals surface area contributed by atoms with Crippen molar-refractivity contribution in [3.63, 3.8) is 0 Å². The summed E-state index contributed by atoms with van der Waals surface area (Å²) in [5.41, 5.74) is 4.09. The number of likely N-dealkylation sites (tertiary alicyclic amines) is 1. The van der Waals surface area contributed by atoms with Gasteiger partial charge in [0.05, 0.1) is 17.8 Å². The van der Waals surface area contributed by atoms with Crippen LogP contribution < -0.4 is 0 Å². The molecule has 0 radical (unpaired) electrons. The highest BCUT2D eigenvalue weighted by molar-refractivity contribution is 5.79. The van der Waals surface area contributed by atoms with Crippen LogP contribution in [0.3, 0.4) is 0 Å². The van der Waals surface area contributed by atoms with Crippen LogP contribution in [0.15, 0.2) is 18.3 Å². The van der Waals surface area contributed by atoms with Gasteiger partial charge in [-0.1, -0.05) is 6.07 Å². The second-order valence-electron chi connectivity index (χ2n) is 5.29. The molecule has 0 saturated carbocycles. The minimum absolute atomic E-state index is 0.226. The molecule has 1 aliphatic rings. The summed E-state index contributed by atoms with van der Waals surface area (Å²) in [6, 6.07) is 4.06. The highest BCUT2D eigenvalue weighted by Crippen LogP contribution is 2.17. The van der Waals surface area contributed by atoms with E-state index in [1.807, 2.05) is 37.1 Å². The van der Waals surface area contributed by atoms with Gasteiger partial charge in [0.1, 0.15) is 5.65 Å². The summed E-state index contributed by atoms with van der Waals surface area (Å²) in [5, 5.41) is 0. The molecule has 100 valence electrons. The molecule has 0 spiro atoms. The van der Waals surface area contributed by atoms with Crippen molar-refractivity contribution in [2.45, 2.75) is 33.1 Å². The first-order chi connectivity index (χ1) is 9.16. The van der Waals surface area contributed by atoms with E-state index in [4.69, 9.17) is 0 Å². The molecule has 1 amide bonds. The van der Waals surface area contributed by atoms with E-state index in [-0.39, 0.29) is 5.91 Å². The number of imidazole rings is 1. The molecule has 0 aliphatic carbocycles. The molecule has 0 unspecified atom stereocenters. The lowest BCUT2D eigenvalue weighted by Crippen LogP contribution is -2.29. The van der Waals surface area contributed by atoms with Crippen molar-refractivity contribution in [3.05, 3.63) is 35.3 Å². The number of aromatic nitrogens is 2. The van der Waals surface area contributed by atoms with Gasteiger partial charge < -0.3 is 9.30 Å². The van der Waals surface area contributed by atoms with Gasteiger partial charge in [0.25, 0.3) is 0 Å². The summed E-state index contributed by atoms with van der Waals surface area (Å²) < 4.78 is 2.05. The Hall–Kier alpha value is -1.84. The van der Waals surface area contributed by atoms with Crippen molar-refractivity contribution in [2.24, 2.45) is 0 Å². The number of fused-ring (bicyclic) bond motifs is 1. The van der Waals surface area contributed by atoms with Crippen LogP contribution in [0.1, 0.15) is 29.8 Å². The SMILES string of the molecule is Cc1nc2c(C)cccn2c1CC(=O)N1CCCC1. The van der Waals surface area contributed by atoms with Gasteiger partial charge in [-0.2, -0.15) is 0 Å². The summed E-state index contributed by atoms with van der Waals surface area (Å²) >= 11 is 0. The molecule has 4 heteroatoms. The van der Waals surface area contributed by atoms with E-state index < -0.39 is 0 Å².